The summed E-state index contributed by atoms with van der Waals surface area (Å²) in [5, 5.41) is 1.42. The number of pyridine rings is 2. The SMILES string of the molecule is COCCOc1ccc(-c2cn(-c3ccccc3)c3cc[nH]c(=O)c23)cc1.O=c1[nH]ccc2c1c(I)cn2-c1ccccc1. The fraction of sp³-hybridized carbons (Fsp3) is 0.0857. The lowest BCUT2D eigenvalue weighted by Crippen LogP contribution is -2.05. The van der Waals surface area contributed by atoms with Gasteiger partial charge in [0.15, 0.2) is 0 Å². The highest BCUT2D eigenvalue weighted by molar-refractivity contribution is 14.1. The Morgan fingerprint density at radius 1 is 0.659 bits per heavy atom. The molecule has 2 N–H and O–H groups in total. The standard InChI is InChI=1S/C22H20N2O3.C13H9IN2O/c1-26-13-14-27-18-9-7-16(8-10-18)19-15-24(17-5-3-2-4-6-17)20-11-12-23-22(25)21(19)20;14-10-8-16(9-4-2-1-3-5-9)11-6-7-15-13(17)12(10)11/h2-12,15H,13-14H2,1H3,(H,23,25);1-8H,(H,15,17). The van der Waals surface area contributed by atoms with Gasteiger partial charge in [-0.05, 0) is 76.7 Å². The number of aromatic nitrogens is 4. The molecule has 220 valence electrons. The predicted octanol–water partition coefficient (Wildman–Crippen LogP) is 6.93. The van der Waals surface area contributed by atoms with Crippen molar-refractivity contribution in [2.24, 2.45) is 0 Å². The molecule has 0 fully saturated rings. The fourth-order valence-electron chi connectivity index (χ4n) is 5.14. The average molecular weight is 697 g/mol. The minimum atomic E-state index is -0.0994. The molecule has 3 aromatic carbocycles. The molecule has 0 bridgehead atoms. The van der Waals surface area contributed by atoms with E-state index < -0.39 is 0 Å². The Hall–Kier alpha value is -4.87. The maximum absolute atomic E-state index is 12.6. The zero-order valence-electron chi connectivity index (χ0n) is 23.9. The molecule has 0 saturated heterocycles. The summed E-state index contributed by atoms with van der Waals surface area (Å²) in [6.45, 7) is 1.05. The van der Waals surface area contributed by atoms with E-state index in [-0.39, 0.29) is 11.1 Å². The molecule has 0 amide bonds. The second-order valence-corrected chi connectivity index (χ2v) is 11.1. The van der Waals surface area contributed by atoms with Crippen LogP contribution in [0.1, 0.15) is 0 Å². The number of rotatable bonds is 7. The van der Waals surface area contributed by atoms with Crippen LogP contribution in [0.5, 0.6) is 5.75 Å². The normalized spacial score (nSPS) is 11.0. The quantitative estimate of drug-likeness (QED) is 0.140. The lowest BCUT2D eigenvalue weighted by molar-refractivity contribution is 0.146. The number of hydrogen-bond acceptors (Lipinski definition) is 4. The third-order valence-electron chi connectivity index (χ3n) is 7.20. The van der Waals surface area contributed by atoms with Gasteiger partial charge in [-0.2, -0.15) is 0 Å². The van der Waals surface area contributed by atoms with Gasteiger partial charge in [0.05, 0.1) is 28.4 Å². The molecule has 0 radical (unpaired) electrons. The van der Waals surface area contributed by atoms with E-state index in [2.05, 4.69) is 32.6 Å². The first-order valence-electron chi connectivity index (χ1n) is 14.0. The molecule has 4 heterocycles. The van der Waals surface area contributed by atoms with Crippen LogP contribution in [-0.4, -0.2) is 39.4 Å². The Balaban J connectivity index is 0.000000173. The number of halogens is 1. The Bertz CT molecular complexity index is 2130. The van der Waals surface area contributed by atoms with Gasteiger partial charge in [-0.15, -0.1) is 0 Å². The van der Waals surface area contributed by atoms with E-state index in [1.165, 1.54) is 0 Å². The number of aromatic amines is 2. The maximum Gasteiger partial charge on any atom is 0.258 e. The molecule has 0 unspecified atom stereocenters. The van der Waals surface area contributed by atoms with Crippen LogP contribution >= 0.6 is 22.6 Å². The molecule has 0 spiro atoms. The summed E-state index contributed by atoms with van der Waals surface area (Å²) in [7, 11) is 1.65. The molecule has 0 aliphatic rings. The molecule has 4 aromatic heterocycles. The van der Waals surface area contributed by atoms with E-state index in [1.54, 1.807) is 19.5 Å². The van der Waals surface area contributed by atoms with Crippen LogP contribution < -0.4 is 15.9 Å². The highest BCUT2D eigenvalue weighted by Crippen LogP contribution is 2.31. The van der Waals surface area contributed by atoms with Gasteiger partial charge < -0.3 is 28.6 Å². The van der Waals surface area contributed by atoms with Gasteiger partial charge in [0, 0.05) is 52.4 Å². The molecular formula is C35H29IN4O4. The summed E-state index contributed by atoms with van der Waals surface area (Å²) in [4.78, 5) is 29.8. The van der Waals surface area contributed by atoms with Crippen LogP contribution in [0.4, 0.5) is 0 Å². The van der Waals surface area contributed by atoms with Gasteiger partial charge in [-0.1, -0.05) is 48.5 Å². The second-order valence-electron chi connectivity index (χ2n) is 9.93. The largest absolute Gasteiger partial charge is 0.491 e. The van der Waals surface area contributed by atoms with Crippen LogP contribution in [-0.2, 0) is 4.74 Å². The van der Waals surface area contributed by atoms with Gasteiger partial charge in [0.2, 0.25) is 0 Å². The van der Waals surface area contributed by atoms with E-state index in [4.69, 9.17) is 9.47 Å². The minimum Gasteiger partial charge on any atom is -0.491 e. The smallest absolute Gasteiger partial charge is 0.258 e. The summed E-state index contributed by atoms with van der Waals surface area (Å²) < 4.78 is 15.7. The van der Waals surface area contributed by atoms with Crippen molar-refractivity contribution < 1.29 is 9.47 Å². The number of benzene rings is 3. The first kappa shape index (κ1) is 29.2. The number of ether oxygens (including phenoxy) is 2. The Morgan fingerprint density at radius 3 is 1.80 bits per heavy atom. The molecule has 7 rings (SSSR count). The average Bonchev–Trinajstić information content (AvgIpc) is 3.62. The number of hydrogen-bond donors (Lipinski definition) is 2. The van der Waals surface area contributed by atoms with Crippen LogP contribution in [0.2, 0.25) is 0 Å². The van der Waals surface area contributed by atoms with E-state index in [9.17, 15) is 9.59 Å². The number of para-hydroxylation sites is 2. The maximum atomic E-state index is 12.6. The van der Waals surface area contributed by atoms with E-state index >= 15 is 0 Å². The van der Waals surface area contributed by atoms with Crippen molar-refractivity contribution in [1.82, 2.24) is 19.1 Å². The predicted molar refractivity (Wildman–Crippen MR) is 183 cm³/mol. The lowest BCUT2D eigenvalue weighted by atomic mass is 10.1. The van der Waals surface area contributed by atoms with Crippen molar-refractivity contribution >= 4 is 44.4 Å². The molecule has 0 aliphatic carbocycles. The van der Waals surface area contributed by atoms with Crippen molar-refractivity contribution in [2.45, 2.75) is 0 Å². The van der Waals surface area contributed by atoms with Crippen LogP contribution in [0.15, 0.2) is 131 Å². The molecule has 0 atom stereocenters. The summed E-state index contributed by atoms with van der Waals surface area (Å²) in [5.74, 6) is 0.775. The van der Waals surface area contributed by atoms with Crippen molar-refractivity contribution in [3.05, 3.63) is 146 Å². The Morgan fingerprint density at radius 2 is 1.20 bits per heavy atom. The molecule has 0 aliphatic heterocycles. The van der Waals surface area contributed by atoms with Crippen LogP contribution in [0, 0.1) is 3.57 Å². The van der Waals surface area contributed by atoms with E-state index in [0.29, 0.717) is 18.6 Å². The highest BCUT2D eigenvalue weighted by Gasteiger charge is 2.15. The molecule has 7 aromatic rings. The zero-order chi connectivity index (χ0) is 30.5. The summed E-state index contributed by atoms with van der Waals surface area (Å²) >= 11 is 2.19. The minimum absolute atomic E-state index is 0.0402. The fourth-order valence-corrected chi connectivity index (χ4v) is 5.94. The van der Waals surface area contributed by atoms with Gasteiger partial charge >= 0.3 is 0 Å². The first-order chi connectivity index (χ1) is 21.5. The second kappa shape index (κ2) is 13.2. The van der Waals surface area contributed by atoms with Crippen molar-refractivity contribution in [3.8, 4) is 28.3 Å². The first-order valence-corrected chi connectivity index (χ1v) is 15.1. The summed E-state index contributed by atoms with van der Waals surface area (Å²) in [5.41, 5.74) is 5.60. The Labute approximate surface area is 266 Å². The monoisotopic (exact) mass is 696 g/mol. The van der Waals surface area contributed by atoms with Gasteiger partial charge in [0.25, 0.3) is 11.1 Å². The molecule has 8 nitrogen and oxygen atoms in total. The van der Waals surface area contributed by atoms with Gasteiger partial charge in [0.1, 0.15) is 12.4 Å². The number of methoxy groups -OCH3 is 1. The zero-order valence-corrected chi connectivity index (χ0v) is 26.0. The van der Waals surface area contributed by atoms with Crippen molar-refractivity contribution in [2.75, 3.05) is 20.3 Å². The van der Waals surface area contributed by atoms with E-state index in [1.807, 2.05) is 119 Å². The van der Waals surface area contributed by atoms with Crippen molar-refractivity contribution in [1.29, 1.82) is 0 Å². The summed E-state index contributed by atoms with van der Waals surface area (Å²) in [6.07, 6.45) is 7.35. The van der Waals surface area contributed by atoms with Crippen LogP contribution in [0.3, 0.4) is 0 Å². The van der Waals surface area contributed by atoms with Crippen LogP contribution in [0.25, 0.3) is 44.3 Å². The third kappa shape index (κ3) is 5.97. The molecule has 9 heteroatoms. The Kier molecular flexibility index (Phi) is 8.76. The van der Waals surface area contributed by atoms with Crippen molar-refractivity contribution in [3.63, 3.8) is 0 Å². The molecule has 0 saturated carbocycles. The number of nitrogens with zero attached hydrogens (tertiary/aromatic N) is 2. The topological polar surface area (TPSA) is 94.0 Å². The number of fused-ring (bicyclic) bond motifs is 2. The van der Waals surface area contributed by atoms with Gasteiger partial charge in [-0.25, -0.2) is 0 Å². The lowest BCUT2D eigenvalue weighted by Gasteiger charge is -2.06. The number of H-pyrrole nitrogens is 2. The molecule has 44 heavy (non-hydrogen) atoms. The number of nitrogens with one attached hydrogen (secondary N) is 2. The highest BCUT2D eigenvalue weighted by atomic mass is 127. The molecular weight excluding hydrogens is 667 g/mol. The third-order valence-corrected chi connectivity index (χ3v) is 8.01. The summed E-state index contributed by atoms with van der Waals surface area (Å²) in [6, 6.07) is 31.6. The van der Waals surface area contributed by atoms with Gasteiger partial charge in [-0.3, -0.25) is 9.59 Å². The van der Waals surface area contributed by atoms with E-state index in [0.717, 1.165) is 48.2 Å².